The molecule has 1 atom stereocenters. The summed E-state index contributed by atoms with van der Waals surface area (Å²) in [6, 6.07) is 7.57. The standard InChI is InChI=1S/C16H24O3/c1-2-18-15-8-5-9-16(11-15)19-12-14(17)10-13-6-3-4-7-13/h5,8-9,11,13-14,17H,2-4,6-7,10,12H2,1H3. The molecule has 1 fully saturated rings. The molecule has 1 aromatic rings. The lowest BCUT2D eigenvalue weighted by Gasteiger charge is -2.16. The predicted octanol–water partition coefficient (Wildman–Crippen LogP) is 3.41. The molecule has 3 nitrogen and oxygen atoms in total. The van der Waals surface area contributed by atoms with Crippen molar-refractivity contribution < 1.29 is 14.6 Å². The van der Waals surface area contributed by atoms with Crippen LogP contribution in [-0.2, 0) is 0 Å². The van der Waals surface area contributed by atoms with Gasteiger partial charge < -0.3 is 14.6 Å². The van der Waals surface area contributed by atoms with E-state index in [-0.39, 0.29) is 6.10 Å². The lowest BCUT2D eigenvalue weighted by atomic mass is 10.0. The zero-order chi connectivity index (χ0) is 13.5. The van der Waals surface area contributed by atoms with E-state index in [1.807, 2.05) is 31.2 Å². The second-order valence-electron chi connectivity index (χ2n) is 5.26. The van der Waals surface area contributed by atoms with Gasteiger partial charge in [-0.25, -0.2) is 0 Å². The van der Waals surface area contributed by atoms with Crippen LogP contribution in [0.5, 0.6) is 11.5 Å². The predicted molar refractivity (Wildman–Crippen MR) is 75.7 cm³/mol. The maximum atomic E-state index is 9.99. The number of rotatable bonds is 7. The van der Waals surface area contributed by atoms with E-state index in [2.05, 4.69) is 0 Å². The van der Waals surface area contributed by atoms with Crippen LogP contribution in [0.4, 0.5) is 0 Å². The highest BCUT2D eigenvalue weighted by Crippen LogP contribution is 2.28. The molecular weight excluding hydrogens is 240 g/mol. The van der Waals surface area contributed by atoms with Crippen LogP contribution in [-0.4, -0.2) is 24.4 Å². The van der Waals surface area contributed by atoms with Gasteiger partial charge >= 0.3 is 0 Å². The van der Waals surface area contributed by atoms with Gasteiger partial charge in [-0.05, 0) is 31.4 Å². The van der Waals surface area contributed by atoms with Crippen molar-refractivity contribution in [1.82, 2.24) is 0 Å². The van der Waals surface area contributed by atoms with Crippen LogP contribution >= 0.6 is 0 Å². The summed E-state index contributed by atoms with van der Waals surface area (Å²) >= 11 is 0. The number of aliphatic hydroxyl groups is 1. The molecule has 2 rings (SSSR count). The third kappa shape index (κ3) is 4.75. The Hall–Kier alpha value is -1.22. The van der Waals surface area contributed by atoms with Gasteiger partial charge in [0.05, 0.1) is 12.7 Å². The zero-order valence-corrected chi connectivity index (χ0v) is 11.7. The Morgan fingerprint density at radius 3 is 2.58 bits per heavy atom. The van der Waals surface area contributed by atoms with E-state index in [1.165, 1.54) is 25.7 Å². The number of aliphatic hydroxyl groups excluding tert-OH is 1. The van der Waals surface area contributed by atoms with Gasteiger partial charge in [0.2, 0.25) is 0 Å². The van der Waals surface area contributed by atoms with Crippen LogP contribution in [0, 0.1) is 5.92 Å². The highest BCUT2D eigenvalue weighted by Gasteiger charge is 2.19. The maximum Gasteiger partial charge on any atom is 0.123 e. The third-order valence-corrected chi connectivity index (χ3v) is 3.64. The molecule has 19 heavy (non-hydrogen) atoms. The summed E-state index contributed by atoms with van der Waals surface area (Å²) in [5, 5.41) is 9.99. The van der Waals surface area contributed by atoms with Crippen LogP contribution in [0.15, 0.2) is 24.3 Å². The SMILES string of the molecule is CCOc1cccc(OCC(O)CC2CCCC2)c1. The van der Waals surface area contributed by atoms with Crippen molar-refractivity contribution in [2.75, 3.05) is 13.2 Å². The Labute approximate surface area is 115 Å². The van der Waals surface area contributed by atoms with Gasteiger partial charge in [-0.1, -0.05) is 31.7 Å². The van der Waals surface area contributed by atoms with Gasteiger partial charge in [0.25, 0.3) is 0 Å². The molecular formula is C16H24O3. The van der Waals surface area contributed by atoms with E-state index in [0.29, 0.717) is 19.1 Å². The molecule has 1 aliphatic carbocycles. The van der Waals surface area contributed by atoms with Gasteiger partial charge in [-0.15, -0.1) is 0 Å². The van der Waals surface area contributed by atoms with E-state index in [9.17, 15) is 5.11 Å². The number of ether oxygens (including phenoxy) is 2. The molecule has 106 valence electrons. The van der Waals surface area contributed by atoms with E-state index >= 15 is 0 Å². The van der Waals surface area contributed by atoms with Crippen LogP contribution in [0.25, 0.3) is 0 Å². The molecule has 0 spiro atoms. The Morgan fingerprint density at radius 1 is 1.21 bits per heavy atom. The van der Waals surface area contributed by atoms with Crippen molar-refractivity contribution in [2.45, 2.75) is 45.1 Å². The lowest BCUT2D eigenvalue weighted by Crippen LogP contribution is -2.20. The molecule has 1 saturated carbocycles. The van der Waals surface area contributed by atoms with Crippen molar-refractivity contribution in [3.63, 3.8) is 0 Å². The number of benzene rings is 1. The molecule has 1 aliphatic rings. The summed E-state index contributed by atoms with van der Waals surface area (Å²) in [5.41, 5.74) is 0. The molecule has 0 aliphatic heterocycles. The molecule has 0 aromatic heterocycles. The van der Waals surface area contributed by atoms with E-state index in [1.54, 1.807) is 0 Å². The van der Waals surface area contributed by atoms with E-state index in [0.717, 1.165) is 17.9 Å². The largest absolute Gasteiger partial charge is 0.494 e. The average molecular weight is 264 g/mol. The number of hydrogen-bond donors (Lipinski definition) is 1. The molecule has 0 heterocycles. The second-order valence-corrected chi connectivity index (χ2v) is 5.26. The van der Waals surface area contributed by atoms with Crippen molar-refractivity contribution in [3.05, 3.63) is 24.3 Å². The van der Waals surface area contributed by atoms with Gasteiger partial charge in [0, 0.05) is 6.07 Å². The van der Waals surface area contributed by atoms with Gasteiger partial charge in [-0.2, -0.15) is 0 Å². The molecule has 0 radical (unpaired) electrons. The molecule has 1 aromatic carbocycles. The van der Waals surface area contributed by atoms with Crippen molar-refractivity contribution in [2.24, 2.45) is 5.92 Å². The van der Waals surface area contributed by atoms with Crippen LogP contribution < -0.4 is 9.47 Å². The molecule has 1 N–H and O–H groups in total. The fourth-order valence-electron chi connectivity index (χ4n) is 2.71. The lowest BCUT2D eigenvalue weighted by molar-refractivity contribution is 0.0854. The fourth-order valence-corrected chi connectivity index (χ4v) is 2.71. The molecule has 0 saturated heterocycles. The summed E-state index contributed by atoms with van der Waals surface area (Å²) < 4.78 is 11.1. The van der Waals surface area contributed by atoms with Crippen molar-refractivity contribution in [3.8, 4) is 11.5 Å². The minimum atomic E-state index is -0.362. The highest BCUT2D eigenvalue weighted by molar-refractivity contribution is 5.32. The quantitative estimate of drug-likeness (QED) is 0.820. The maximum absolute atomic E-state index is 9.99. The molecule has 3 heteroatoms. The Bertz CT molecular complexity index is 372. The third-order valence-electron chi connectivity index (χ3n) is 3.64. The first-order valence-electron chi connectivity index (χ1n) is 7.31. The van der Waals surface area contributed by atoms with E-state index < -0.39 is 0 Å². The monoisotopic (exact) mass is 264 g/mol. The summed E-state index contributed by atoms with van der Waals surface area (Å²) in [6.07, 6.45) is 5.65. The molecule has 0 bridgehead atoms. The van der Waals surface area contributed by atoms with Crippen molar-refractivity contribution >= 4 is 0 Å². The first-order chi connectivity index (χ1) is 9.28. The normalized spacial score (nSPS) is 17.4. The summed E-state index contributed by atoms with van der Waals surface area (Å²) in [7, 11) is 0. The highest BCUT2D eigenvalue weighted by atomic mass is 16.5. The summed E-state index contributed by atoms with van der Waals surface area (Å²) in [4.78, 5) is 0. The zero-order valence-electron chi connectivity index (χ0n) is 11.7. The average Bonchev–Trinajstić information content (AvgIpc) is 2.90. The smallest absolute Gasteiger partial charge is 0.123 e. The van der Waals surface area contributed by atoms with E-state index in [4.69, 9.17) is 9.47 Å². The van der Waals surface area contributed by atoms with Crippen LogP contribution in [0.3, 0.4) is 0 Å². The molecule has 0 amide bonds. The summed E-state index contributed by atoms with van der Waals surface area (Å²) in [5.74, 6) is 2.26. The van der Waals surface area contributed by atoms with Crippen molar-refractivity contribution in [1.29, 1.82) is 0 Å². The first kappa shape index (κ1) is 14.2. The van der Waals surface area contributed by atoms with Gasteiger partial charge in [-0.3, -0.25) is 0 Å². The summed E-state index contributed by atoms with van der Waals surface area (Å²) in [6.45, 7) is 2.97. The number of hydrogen-bond acceptors (Lipinski definition) is 3. The fraction of sp³-hybridized carbons (Fsp3) is 0.625. The molecule has 1 unspecified atom stereocenters. The first-order valence-corrected chi connectivity index (χ1v) is 7.31. The van der Waals surface area contributed by atoms with Gasteiger partial charge in [0.15, 0.2) is 0 Å². The topological polar surface area (TPSA) is 38.7 Å². The minimum Gasteiger partial charge on any atom is -0.494 e. The second kappa shape index (κ2) is 7.39. The Kier molecular flexibility index (Phi) is 5.52. The van der Waals surface area contributed by atoms with Crippen LogP contribution in [0.2, 0.25) is 0 Å². The van der Waals surface area contributed by atoms with Crippen LogP contribution in [0.1, 0.15) is 39.0 Å². The Balaban J connectivity index is 1.75. The Morgan fingerprint density at radius 2 is 1.89 bits per heavy atom. The van der Waals surface area contributed by atoms with Gasteiger partial charge in [0.1, 0.15) is 18.1 Å². The minimum absolute atomic E-state index is 0.362.